The van der Waals surface area contributed by atoms with Crippen LogP contribution in [0, 0.1) is 0 Å². The number of likely N-dealkylation sites (tertiary alicyclic amines) is 1. The van der Waals surface area contributed by atoms with Gasteiger partial charge in [0.2, 0.25) is 0 Å². The summed E-state index contributed by atoms with van der Waals surface area (Å²) in [6.07, 6.45) is 3.34. The highest BCUT2D eigenvalue weighted by Crippen LogP contribution is 2.17. The first-order chi connectivity index (χ1) is 10.7. The Hall–Kier alpha value is -1.12. The molecule has 23 heavy (non-hydrogen) atoms. The van der Waals surface area contributed by atoms with E-state index in [1.807, 2.05) is 6.07 Å². The number of halogens is 1. The van der Waals surface area contributed by atoms with Crippen LogP contribution in [-0.4, -0.2) is 41.7 Å². The van der Waals surface area contributed by atoms with Crippen LogP contribution in [0.4, 0.5) is 0 Å². The first-order valence-electron chi connectivity index (χ1n) is 7.81. The summed E-state index contributed by atoms with van der Waals surface area (Å²) < 4.78 is 0. The molecular formula is C17H27IN4O. The van der Waals surface area contributed by atoms with Crippen molar-refractivity contribution < 1.29 is 5.11 Å². The van der Waals surface area contributed by atoms with Gasteiger partial charge in [-0.1, -0.05) is 30.3 Å². The maximum Gasteiger partial charge on any atom is 0.189 e. The Morgan fingerprint density at radius 1 is 1.35 bits per heavy atom. The molecule has 1 aromatic carbocycles. The molecule has 4 N–H and O–H groups in total. The molecule has 0 amide bonds. The predicted octanol–water partition coefficient (Wildman–Crippen LogP) is 1.85. The molecule has 1 aliphatic heterocycles. The van der Waals surface area contributed by atoms with Crippen LogP contribution in [0.5, 0.6) is 0 Å². The highest BCUT2D eigenvalue weighted by Gasteiger charge is 2.17. The molecule has 0 atom stereocenters. The van der Waals surface area contributed by atoms with Crippen LogP contribution in [0.25, 0.3) is 0 Å². The minimum atomic E-state index is -0.133. The first-order valence-corrected chi connectivity index (χ1v) is 7.81. The number of hydrogen-bond donors (Lipinski definition) is 3. The summed E-state index contributed by atoms with van der Waals surface area (Å²) in [7, 11) is 0. The van der Waals surface area contributed by atoms with E-state index in [-0.39, 0.29) is 30.1 Å². The van der Waals surface area contributed by atoms with Crippen molar-refractivity contribution in [2.24, 2.45) is 10.7 Å². The molecule has 0 saturated carbocycles. The average molecular weight is 430 g/mol. The van der Waals surface area contributed by atoms with Gasteiger partial charge in [0.15, 0.2) is 5.96 Å². The van der Waals surface area contributed by atoms with E-state index >= 15 is 0 Å². The summed E-state index contributed by atoms with van der Waals surface area (Å²) in [6, 6.07) is 8.32. The number of nitrogens with zero attached hydrogens (tertiary/aromatic N) is 2. The summed E-state index contributed by atoms with van der Waals surface area (Å²) in [5.41, 5.74) is 8.28. The topological polar surface area (TPSA) is 73.9 Å². The lowest BCUT2D eigenvalue weighted by atomic mass is 10.0. The van der Waals surface area contributed by atoms with Gasteiger partial charge in [0.25, 0.3) is 0 Å². The Kier molecular flexibility index (Phi) is 9.20. The Morgan fingerprint density at radius 2 is 2.00 bits per heavy atom. The molecule has 1 saturated heterocycles. The molecule has 128 valence electrons. The van der Waals surface area contributed by atoms with Crippen molar-refractivity contribution in [2.75, 3.05) is 19.6 Å². The highest BCUT2D eigenvalue weighted by atomic mass is 127. The van der Waals surface area contributed by atoms with Gasteiger partial charge in [-0.2, -0.15) is 0 Å². The van der Waals surface area contributed by atoms with Gasteiger partial charge in [0.05, 0.1) is 12.6 Å². The van der Waals surface area contributed by atoms with E-state index in [0.29, 0.717) is 19.0 Å². The number of aliphatic hydroxyl groups is 1. The summed E-state index contributed by atoms with van der Waals surface area (Å²) in [5.74, 6) is 0.441. The minimum absolute atomic E-state index is 0. The Balaban J connectivity index is 0.00000264. The third kappa shape index (κ3) is 6.88. The monoisotopic (exact) mass is 430 g/mol. The Morgan fingerprint density at radius 3 is 2.65 bits per heavy atom. The van der Waals surface area contributed by atoms with Crippen LogP contribution < -0.4 is 11.1 Å². The Labute approximate surface area is 155 Å². The standard InChI is InChI=1S/C17H26N4O.HI/c1-2-9-19-17(18)20-12-14-5-3-4-6-15(14)13-21-10-7-16(22)8-11-21;/h2-6,16,22H,1,7-13H2,(H3,18,19,20);1H. The third-order valence-corrected chi connectivity index (χ3v) is 3.92. The molecule has 0 bridgehead atoms. The van der Waals surface area contributed by atoms with E-state index < -0.39 is 0 Å². The number of hydrogen-bond acceptors (Lipinski definition) is 3. The zero-order valence-corrected chi connectivity index (χ0v) is 15.8. The second kappa shape index (κ2) is 10.6. The maximum absolute atomic E-state index is 9.59. The van der Waals surface area contributed by atoms with Crippen molar-refractivity contribution >= 4 is 29.9 Å². The second-order valence-corrected chi connectivity index (χ2v) is 5.65. The van der Waals surface area contributed by atoms with Crippen LogP contribution in [0.15, 0.2) is 41.9 Å². The number of aliphatic imine (C=N–C) groups is 1. The average Bonchev–Trinajstić information content (AvgIpc) is 2.54. The van der Waals surface area contributed by atoms with Gasteiger partial charge in [0.1, 0.15) is 0 Å². The van der Waals surface area contributed by atoms with Crippen LogP contribution in [-0.2, 0) is 13.1 Å². The lowest BCUT2D eigenvalue weighted by Gasteiger charge is -2.30. The second-order valence-electron chi connectivity index (χ2n) is 5.65. The summed E-state index contributed by atoms with van der Waals surface area (Å²) >= 11 is 0. The van der Waals surface area contributed by atoms with E-state index in [0.717, 1.165) is 32.5 Å². The molecule has 0 aromatic heterocycles. The number of benzene rings is 1. The fourth-order valence-corrected chi connectivity index (χ4v) is 2.59. The van der Waals surface area contributed by atoms with Gasteiger partial charge in [-0.3, -0.25) is 4.90 Å². The molecule has 6 heteroatoms. The van der Waals surface area contributed by atoms with Gasteiger partial charge in [-0.25, -0.2) is 4.99 Å². The first kappa shape index (κ1) is 19.9. The zero-order valence-electron chi connectivity index (χ0n) is 13.4. The molecule has 5 nitrogen and oxygen atoms in total. The van der Waals surface area contributed by atoms with Gasteiger partial charge < -0.3 is 16.2 Å². The smallest absolute Gasteiger partial charge is 0.189 e. The number of rotatable bonds is 6. The summed E-state index contributed by atoms with van der Waals surface area (Å²) in [5, 5.41) is 12.6. The van der Waals surface area contributed by atoms with Crippen molar-refractivity contribution in [3.8, 4) is 0 Å². The number of nitrogens with one attached hydrogen (secondary N) is 1. The molecule has 0 radical (unpaired) electrons. The largest absolute Gasteiger partial charge is 0.393 e. The summed E-state index contributed by atoms with van der Waals surface area (Å²) in [6.45, 7) is 7.62. The predicted molar refractivity (Wildman–Crippen MR) is 106 cm³/mol. The third-order valence-electron chi connectivity index (χ3n) is 3.92. The molecule has 1 aliphatic rings. The lowest BCUT2D eigenvalue weighted by Crippen LogP contribution is -2.35. The molecule has 2 rings (SSSR count). The number of nitrogens with two attached hydrogens (primary N) is 1. The molecule has 0 unspecified atom stereocenters. The van der Waals surface area contributed by atoms with E-state index in [1.54, 1.807) is 6.08 Å². The van der Waals surface area contributed by atoms with Crippen LogP contribution >= 0.6 is 24.0 Å². The van der Waals surface area contributed by atoms with Crippen molar-refractivity contribution in [1.29, 1.82) is 0 Å². The summed E-state index contributed by atoms with van der Waals surface area (Å²) in [4.78, 5) is 6.76. The van der Waals surface area contributed by atoms with E-state index in [2.05, 4.69) is 40.0 Å². The molecule has 1 heterocycles. The molecule has 0 spiro atoms. The van der Waals surface area contributed by atoms with Crippen molar-refractivity contribution in [2.45, 2.75) is 32.0 Å². The minimum Gasteiger partial charge on any atom is -0.393 e. The molecule has 0 aliphatic carbocycles. The number of guanidine groups is 1. The van der Waals surface area contributed by atoms with Crippen LogP contribution in [0.2, 0.25) is 0 Å². The van der Waals surface area contributed by atoms with Crippen molar-refractivity contribution in [3.05, 3.63) is 48.0 Å². The van der Waals surface area contributed by atoms with Crippen LogP contribution in [0.1, 0.15) is 24.0 Å². The molecular weight excluding hydrogens is 403 g/mol. The lowest BCUT2D eigenvalue weighted by molar-refractivity contribution is 0.0791. The fourth-order valence-electron chi connectivity index (χ4n) is 2.59. The quantitative estimate of drug-likeness (QED) is 0.279. The SMILES string of the molecule is C=CCNC(N)=NCc1ccccc1CN1CCC(O)CC1.I. The van der Waals surface area contributed by atoms with E-state index in [4.69, 9.17) is 5.73 Å². The van der Waals surface area contributed by atoms with Crippen molar-refractivity contribution in [1.82, 2.24) is 10.2 Å². The Bertz CT molecular complexity index is 513. The van der Waals surface area contributed by atoms with Crippen LogP contribution in [0.3, 0.4) is 0 Å². The van der Waals surface area contributed by atoms with Gasteiger partial charge in [-0.15, -0.1) is 30.6 Å². The van der Waals surface area contributed by atoms with E-state index in [1.165, 1.54) is 11.1 Å². The number of aliphatic hydroxyl groups excluding tert-OH is 1. The fraction of sp³-hybridized carbons (Fsp3) is 0.471. The zero-order chi connectivity index (χ0) is 15.8. The van der Waals surface area contributed by atoms with Crippen molar-refractivity contribution in [3.63, 3.8) is 0 Å². The van der Waals surface area contributed by atoms with Gasteiger partial charge >= 0.3 is 0 Å². The maximum atomic E-state index is 9.59. The molecule has 1 aromatic rings. The van der Waals surface area contributed by atoms with E-state index in [9.17, 15) is 5.11 Å². The highest BCUT2D eigenvalue weighted by molar-refractivity contribution is 14.0. The number of piperidine rings is 1. The van der Waals surface area contributed by atoms with Gasteiger partial charge in [-0.05, 0) is 24.0 Å². The normalized spacial score (nSPS) is 16.7. The molecule has 1 fully saturated rings. The van der Waals surface area contributed by atoms with Gasteiger partial charge in [0, 0.05) is 26.2 Å².